The van der Waals surface area contributed by atoms with Crippen LogP contribution in [0.1, 0.15) is 42.7 Å². The van der Waals surface area contributed by atoms with Crippen molar-refractivity contribution >= 4 is 5.91 Å². The summed E-state index contributed by atoms with van der Waals surface area (Å²) in [5.74, 6) is 1.24. The third-order valence-corrected chi connectivity index (χ3v) is 2.82. The van der Waals surface area contributed by atoms with E-state index in [2.05, 4.69) is 29.2 Å². The highest BCUT2D eigenvalue weighted by Gasteiger charge is 2.22. The second kappa shape index (κ2) is 5.69. The molecule has 0 radical (unpaired) electrons. The first kappa shape index (κ1) is 13.3. The van der Waals surface area contributed by atoms with Crippen molar-refractivity contribution in [2.75, 3.05) is 0 Å². The first-order valence-electron chi connectivity index (χ1n) is 6.26. The number of carbonyl (C=O) groups is 1. The van der Waals surface area contributed by atoms with Crippen LogP contribution in [0.25, 0.3) is 0 Å². The minimum Gasteiger partial charge on any atom is -0.459 e. The largest absolute Gasteiger partial charge is 0.459 e. The molecule has 6 heteroatoms. The molecule has 19 heavy (non-hydrogen) atoms. The Balaban J connectivity index is 2.15. The zero-order valence-electron chi connectivity index (χ0n) is 11.3. The number of amides is 1. The molecule has 1 N–H and O–H groups in total. The third-order valence-electron chi connectivity index (χ3n) is 2.82. The van der Waals surface area contributed by atoms with Gasteiger partial charge in [-0.05, 0) is 24.5 Å². The van der Waals surface area contributed by atoms with Gasteiger partial charge >= 0.3 is 0 Å². The molecule has 0 bridgehead atoms. The van der Waals surface area contributed by atoms with Crippen LogP contribution in [-0.2, 0) is 7.05 Å². The molecule has 0 aromatic carbocycles. The van der Waals surface area contributed by atoms with Gasteiger partial charge in [-0.1, -0.05) is 13.8 Å². The molecule has 102 valence electrons. The predicted octanol–water partition coefficient (Wildman–Crippen LogP) is 1.93. The lowest BCUT2D eigenvalue weighted by Gasteiger charge is -2.19. The molecule has 2 aromatic heterocycles. The molecule has 0 spiro atoms. The Morgan fingerprint density at radius 1 is 1.53 bits per heavy atom. The zero-order chi connectivity index (χ0) is 13.8. The summed E-state index contributed by atoms with van der Waals surface area (Å²) in [6.07, 6.45) is 3.76. The van der Waals surface area contributed by atoms with E-state index in [0.29, 0.717) is 11.7 Å². The van der Waals surface area contributed by atoms with Gasteiger partial charge in [-0.15, -0.1) is 0 Å². The molecule has 0 saturated carbocycles. The van der Waals surface area contributed by atoms with Gasteiger partial charge < -0.3 is 9.73 Å². The van der Waals surface area contributed by atoms with Crippen molar-refractivity contribution in [1.29, 1.82) is 0 Å². The van der Waals surface area contributed by atoms with Crippen molar-refractivity contribution in [2.45, 2.75) is 26.3 Å². The molecule has 6 nitrogen and oxygen atoms in total. The number of aryl methyl sites for hydroxylation is 1. The Bertz CT molecular complexity index is 531. The predicted molar refractivity (Wildman–Crippen MR) is 69.4 cm³/mol. The summed E-state index contributed by atoms with van der Waals surface area (Å²) in [6.45, 7) is 4.20. The third kappa shape index (κ3) is 3.21. The fourth-order valence-electron chi connectivity index (χ4n) is 1.96. The lowest BCUT2D eigenvalue weighted by atomic mass is 10.0. The summed E-state index contributed by atoms with van der Waals surface area (Å²) in [5.41, 5.74) is 0. The van der Waals surface area contributed by atoms with Crippen LogP contribution < -0.4 is 5.32 Å². The van der Waals surface area contributed by atoms with Gasteiger partial charge in [0.15, 0.2) is 5.76 Å². The van der Waals surface area contributed by atoms with E-state index in [9.17, 15) is 4.79 Å². The topological polar surface area (TPSA) is 73.0 Å². The fraction of sp³-hybridized carbons (Fsp3) is 0.462. The summed E-state index contributed by atoms with van der Waals surface area (Å²) >= 11 is 0. The number of furan rings is 1. The molecule has 0 aliphatic heterocycles. The molecule has 0 fully saturated rings. The summed E-state index contributed by atoms with van der Waals surface area (Å²) < 4.78 is 6.77. The molecule has 2 heterocycles. The fourth-order valence-corrected chi connectivity index (χ4v) is 1.96. The van der Waals surface area contributed by atoms with Crippen LogP contribution in [0.4, 0.5) is 0 Å². The lowest BCUT2D eigenvalue weighted by Crippen LogP contribution is -2.31. The molecule has 0 aliphatic rings. The molecule has 2 aromatic rings. The van der Waals surface area contributed by atoms with Crippen LogP contribution >= 0.6 is 0 Å². The van der Waals surface area contributed by atoms with Crippen LogP contribution in [0, 0.1) is 5.92 Å². The van der Waals surface area contributed by atoms with E-state index in [1.165, 1.54) is 12.6 Å². The Kier molecular flexibility index (Phi) is 3.99. The van der Waals surface area contributed by atoms with Gasteiger partial charge in [-0.2, -0.15) is 5.10 Å². The SMILES string of the molecule is CC(C)C[C@@H](NC(=O)c1ccco1)c1ncnn1C. The van der Waals surface area contributed by atoms with Crippen molar-refractivity contribution in [2.24, 2.45) is 13.0 Å². The minimum absolute atomic E-state index is 0.176. The van der Waals surface area contributed by atoms with Gasteiger partial charge in [-0.3, -0.25) is 9.48 Å². The summed E-state index contributed by atoms with van der Waals surface area (Å²) in [6, 6.07) is 3.15. The van der Waals surface area contributed by atoms with E-state index in [1.54, 1.807) is 16.8 Å². The van der Waals surface area contributed by atoms with E-state index >= 15 is 0 Å². The second-order valence-electron chi connectivity index (χ2n) is 4.87. The first-order chi connectivity index (χ1) is 9.08. The molecule has 1 amide bonds. The maximum absolute atomic E-state index is 12.0. The Morgan fingerprint density at radius 2 is 2.32 bits per heavy atom. The molecule has 1 atom stereocenters. The van der Waals surface area contributed by atoms with Crippen LogP contribution in [-0.4, -0.2) is 20.7 Å². The van der Waals surface area contributed by atoms with E-state index in [1.807, 2.05) is 7.05 Å². The van der Waals surface area contributed by atoms with Crippen molar-refractivity contribution in [1.82, 2.24) is 20.1 Å². The van der Waals surface area contributed by atoms with Gasteiger partial charge in [0, 0.05) is 7.05 Å². The lowest BCUT2D eigenvalue weighted by molar-refractivity contribution is 0.0901. The molecular weight excluding hydrogens is 244 g/mol. The van der Waals surface area contributed by atoms with Crippen LogP contribution in [0.5, 0.6) is 0 Å². The molecule has 0 unspecified atom stereocenters. The monoisotopic (exact) mass is 262 g/mol. The number of rotatable bonds is 5. The number of nitrogens with one attached hydrogen (secondary N) is 1. The highest BCUT2D eigenvalue weighted by atomic mass is 16.3. The van der Waals surface area contributed by atoms with E-state index in [-0.39, 0.29) is 11.9 Å². The smallest absolute Gasteiger partial charge is 0.287 e. The van der Waals surface area contributed by atoms with E-state index < -0.39 is 0 Å². The zero-order valence-corrected chi connectivity index (χ0v) is 11.3. The van der Waals surface area contributed by atoms with Gasteiger partial charge in [0.1, 0.15) is 12.2 Å². The van der Waals surface area contributed by atoms with Crippen LogP contribution in [0.2, 0.25) is 0 Å². The maximum Gasteiger partial charge on any atom is 0.287 e. The number of hydrogen-bond acceptors (Lipinski definition) is 4. The van der Waals surface area contributed by atoms with Crippen molar-refractivity contribution < 1.29 is 9.21 Å². The van der Waals surface area contributed by atoms with Gasteiger partial charge in [-0.25, -0.2) is 4.98 Å². The summed E-state index contributed by atoms with van der Waals surface area (Å²) in [4.78, 5) is 16.3. The molecule has 2 rings (SSSR count). The number of aromatic nitrogens is 3. The van der Waals surface area contributed by atoms with E-state index in [0.717, 1.165) is 12.2 Å². The maximum atomic E-state index is 12.0. The van der Waals surface area contributed by atoms with Gasteiger partial charge in [0.05, 0.1) is 12.3 Å². The van der Waals surface area contributed by atoms with E-state index in [4.69, 9.17) is 4.42 Å². The molecular formula is C13H18N4O2. The number of hydrogen-bond donors (Lipinski definition) is 1. The van der Waals surface area contributed by atoms with Gasteiger partial charge in [0.25, 0.3) is 5.91 Å². The average Bonchev–Trinajstić information content (AvgIpc) is 2.97. The Labute approximate surface area is 111 Å². The quantitative estimate of drug-likeness (QED) is 0.893. The first-order valence-corrected chi connectivity index (χ1v) is 6.26. The second-order valence-corrected chi connectivity index (χ2v) is 4.87. The summed E-state index contributed by atoms with van der Waals surface area (Å²) in [7, 11) is 1.81. The van der Waals surface area contributed by atoms with Crippen LogP contribution in [0.3, 0.4) is 0 Å². The molecule has 0 saturated heterocycles. The molecule has 0 aliphatic carbocycles. The highest BCUT2D eigenvalue weighted by Crippen LogP contribution is 2.19. The van der Waals surface area contributed by atoms with Gasteiger partial charge in [0.2, 0.25) is 0 Å². The normalized spacial score (nSPS) is 12.6. The van der Waals surface area contributed by atoms with Crippen LogP contribution in [0.15, 0.2) is 29.1 Å². The van der Waals surface area contributed by atoms with Crippen molar-refractivity contribution in [3.8, 4) is 0 Å². The Morgan fingerprint density at radius 3 is 2.84 bits per heavy atom. The standard InChI is InChI=1S/C13H18N4O2/c1-9(2)7-10(12-14-8-15-17(12)3)16-13(18)11-5-4-6-19-11/h4-6,8-10H,7H2,1-3H3,(H,16,18)/t10-/m1/s1. The van der Waals surface area contributed by atoms with Crippen molar-refractivity contribution in [3.63, 3.8) is 0 Å². The highest BCUT2D eigenvalue weighted by molar-refractivity contribution is 5.91. The minimum atomic E-state index is -0.237. The van der Waals surface area contributed by atoms with Crippen molar-refractivity contribution in [3.05, 3.63) is 36.3 Å². The number of nitrogens with zero attached hydrogens (tertiary/aromatic N) is 3. The Hall–Kier alpha value is -2.11. The number of carbonyl (C=O) groups excluding carboxylic acids is 1. The summed E-state index contributed by atoms with van der Waals surface area (Å²) in [5, 5.41) is 6.98. The average molecular weight is 262 g/mol.